The largest absolute Gasteiger partial charge is 0.349 e. The van der Waals surface area contributed by atoms with Crippen molar-refractivity contribution in [3.8, 4) is 0 Å². The third-order valence-corrected chi connectivity index (χ3v) is 3.19. The molecule has 0 aliphatic carbocycles. The van der Waals surface area contributed by atoms with E-state index in [1.807, 2.05) is 0 Å². The lowest BCUT2D eigenvalue weighted by molar-refractivity contribution is 0.496. The molecule has 1 atom stereocenters. The van der Waals surface area contributed by atoms with E-state index < -0.39 is 0 Å². The summed E-state index contributed by atoms with van der Waals surface area (Å²) in [5, 5.41) is 0. The topological polar surface area (TPSA) is 4.93 Å². The molecule has 0 aliphatic heterocycles. The molecule has 0 saturated heterocycles. The van der Waals surface area contributed by atoms with Gasteiger partial charge in [0.25, 0.3) is 0 Å². The van der Waals surface area contributed by atoms with Crippen LogP contribution in [0.15, 0.2) is 18.3 Å². The molecule has 86 valence electrons. The number of nitrogens with zero attached hydrogens (tertiary/aromatic N) is 1. The van der Waals surface area contributed by atoms with Crippen LogP contribution in [0.25, 0.3) is 0 Å². The fourth-order valence-electron chi connectivity index (χ4n) is 2.24. The highest BCUT2D eigenvalue weighted by Crippen LogP contribution is 2.27. The quantitative estimate of drug-likeness (QED) is 0.634. The summed E-state index contributed by atoms with van der Waals surface area (Å²) in [6, 6.07) is 5.07. The Kier molecular flexibility index (Phi) is 4.93. The Morgan fingerprint density at radius 1 is 1.27 bits per heavy atom. The summed E-state index contributed by atoms with van der Waals surface area (Å²) in [4.78, 5) is 0. The summed E-state index contributed by atoms with van der Waals surface area (Å²) in [7, 11) is 0. The first-order valence-electron chi connectivity index (χ1n) is 6.37. The molecule has 0 N–H and O–H groups in total. The van der Waals surface area contributed by atoms with E-state index in [4.69, 9.17) is 0 Å². The average molecular weight is 207 g/mol. The molecule has 1 rings (SSSR count). The molecule has 15 heavy (non-hydrogen) atoms. The third-order valence-electron chi connectivity index (χ3n) is 3.19. The summed E-state index contributed by atoms with van der Waals surface area (Å²) in [6.45, 7) is 9.10. The maximum Gasteiger partial charge on any atom is 0.0276 e. The Balaban J connectivity index is 2.76. The molecule has 0 fully saturated rings. The van der Waals surface area contributed by atoms with Crippen molar-refractivity contribution in [2.75, 3.05) is 0 Å². The maximum atomic E-state index is 2.42. The number of aromatic nitrogens is 1. The first-order chi connectivity index (χ1) is 7.20. The van der Waals surface area contributed by atoms with E-state index in [-0.39, 0.29) is 0 Å². The SMILES string of the molecule is CCCCC(CC)c1cccn1C(C)C. The monoisotopic (exact) mass is 207 g/mol. The second-order valence-corrected chi connectivity index (χ2v) is 4.68. The van der Waals surface area contributed by atoms with Crippen LogP contribution in [-0.2, 0) is 0 Å². The van der Waals surface area contributed by atoms with Gasteiger partial charge in [-0.1, -0.05) is 26.7 Å². The Bertz CT molecular complexity index is 273. The van der Waals surface area contributed by atoms with Crippen LogP contribution in [0.2, 0.25) is 0 Å². The molecule has 0 aromatic carbocycles. The van der Waals surface area contributed by atoms with E-state index >= 15 is 0 Å². The van der Waals surface area contributed by atoms with Crippen molar-refractivity contribution in [1.82, 2.24) is 4.57 Å². The van der Waals surface area contributed by atoms with E-state index in [1.165, 1.54) is 31.4 Å². The minimum Gasteiger partial charge on any atom is -0.349 e. The minimum absolute atomic E-state index is 0.589. The van der Waals surface area contributed by atoms with Gasteiger partial charge in [0.05, 0.1) is 0 Å². The van der Waals surface area contributed by atoms with Crippen LogP contribution >= 0.6 is 0 Å². The van der Waals surface area contributed by atoms with E-state index in [1.54, 1.807) is 0 Å². The Morgan fingerprint density at radius 2 is 2.00 bits per heavy atom. The van der Waals surface area contributed by atoms with Gasteiger partial charge in [-0.25, -0.2) is 0 Å². The molecule has 0 radical (unpaired) electrons. The lowest BCUT2D eigenvalue weighted by atomic mass is 9.95. The normalized spacial score (nSPS) is 13.4. The molecule has 1 heterocycles. The van der Waals surface area contributed by atoms with Gasteiger partial charge in [0.1, 0.15) is 0 Å². The van der Waals surface area contributed by atoms with Crippen LogP contribution in [-0.4, -0.2) is 4.57 Å². The molecule has 1 heteroatoms. The number of hydrogen-bond donors (Lipinski definition) is 0. The second kappa shape index (κ2) is 5.99. The Labute approximate surface area is 94.5 Å². The van der Waals surface area contributed by atoms with Crippen LogP contribution in [0.3, 0.4) is 0 Å². The van der Waals surface area contributed by atoms with Crippen LogP contribution in [0.4, 0.5) is 0 Å². The van der Waals surface area contributed by atoms with Crippen molar-refractivity contribution in [2.45, 2.75) is 65.3 Å². The van der Waals surface area contributed by atoms with Crippen molar-refractivity contribution >= 4 is 0 Å². The van der Waals surface area contributed by atoms with Crippen LogP contribution in [0, 0.1) is 0 Å². The molecule has 0 bridgehead atoms. The predicted octanol–water partition coefficient (Wildman–Crippen LogP) is 4.75. The molecule has 0 aliphatic rings. The van der Waals surface area contributed by atoms with Gasteiger partial charge in [0.2, 0.25) is 0 Å². The van der Waals surface area contributed by atoms with Crippen molar-refractivity contribution in [1.29, 1.82) is 0 Å². The van der Waals surface area contributed by atoms with Crippen LogP contribution < -0.4 is 0 Å². The first-order valence-corrected chi connectivity index (χ1v) is 6.37. The van der Waals surface area contributed by atoms with Gasteiger partial charge in [-0.2, -0.15) is 0 Å². The zero-order valence-corrected chi connectivity index (χ0v) is 10.7. The molecule has 1 unspecified atom stereocenters. The number of rotatable bonds is 6. The molecule has 1 aromatic heterocycles. The van der Waals surface area contributed by atoms with Gasteiger partial charge < -0.3 is 4.57 Å². The fraction of sp³-hybridized carbons (Fsp3) is 0.714. The third kappa shape index (κ3) is 3.12. The van der Waals surface area contributed by atoms with Gasteiger partial charge >= 0.3 is 0 Å². The van der Waals surface area contributed by atoms with Gasteiger partial charge in [-0.05, 0) is 44.7 Å². The highest BCUT2D eigenvalue weighted by Gasteiger charge is 2.13. The summed E-state index contributed by atoms with van der Waals surface area (Å²) < 4.78 is 2.42. The first kappa shape index (κ1) is 12.4. The summed E-state index contributed by atoms with van der Waals surface area (Å²) in [5.74, 6) is 0.752. The van der Waals surface area contributed by atoms with Crippen LogP contribution in [0.1, 0.15) is 71.0 Å². The van der Waals surface area contributed by atoms with Gasteiger partial charge in [0, 0.05) is 17.9 Å². The molecular weight excluding hydrogens is 182 g/mol. The van der Waals surface area contributed by atoms with E-state index in [2.05, 4.69) is 50.6 Å². The van der Waals surface area contributed by atoms with Crippen molar-refractivity contribution < 1.29 is 0 Å². The second-order valence-electron chi connectivity index (χ2n) is 4.68. The Morgan fingerprint density at radius 3 is 2.53 bits per heavy atom. The molecular formula is C14H25N. The minimum atomic E-state index is 0.589. The lowest BCUT2D eigenvalue weighted by Gasteiger charge is -2.20. The molecule has 1 nitrogen and oxygen atoms in total. The fourth-order valence-corrected chi connectivity index (χ4v) is 2.24. The summed E-state index contributed by atoms with van der Waals surface area (Å²) >= 11 is 0. The standard InChI is InChI=1S/C14H25N/c1-5-7-9-13(6-2)14-10-8-11-15(14)12(3)4/h8,10-13H,5-7,9H2,1-4H3. The highest BCUT2D eigenvalue weighted by atomic mass is 15.0. The van der Waals surface area contributed by atoms with Crippen LogP contribution in [0.5, 0.6) is 0 Å². The number of hydrogen-bond acceptors (Lipinski definition) is 0. The van der Waals surface area contributed by atoms with Gasteiger partial charge in [-0.15, -0.1) is 0 Å². The lowest BCUT2D eigenvalue weighted by Crippen LogP contribution is -2.08. The van der Waals surface area contributed by atoms with E-state index in [0.29, 0.717) is 6.04 Å². The maximum absolute atomic E-state index is 2.42. The van der Waals surface area contributed by atoms with Crippen molar-refractivity contribution in [2.24, 2.45) is 0 Å². The van der Waals surface area contributed by atoms with E-state index in [0.717, 1.165) is 5.92 Å². The van der Waals surface area contributed by atoms with Gasteiger partial charge in [0.15, 0.2) is 0 Å². The summed E-state index contributed by atoms with van der Waals surface area (Å²) in [5.41, 5.74) is 1.53. The zero-order valence-electron chi connectivity index (χ0n) is 10.7. The predicted molar refractivity (Wildman–Crippen MR) is 67.4 cm³/mol. The van der Waals surface area contributed by atoms with Gasteiger partial charge in [-0.3, -0.25) is 0 Å². The number of unbranched alkanes of at least 4 members (excludes halogenated alkanes) is 1. The van der Waals surface area contributed by atoms with Crippen molar-refractivity contribution in [3.05, 3.63) is 24.0 Å². The molecule has 0 amide bonds. The average Bonchev–Trinajstić information content (AvgIpc) is 2.68. The van der Waals surface area contributed by atoms with Crippen molar-refractivity contribution in [3.63, 3.8) is 0 Å². The molecule has 0 saturated carbocycles. The Hall–Kier alpha value is -0.720. The smallest absolute Gasteiger partial charge is 0.0276 e. The summed E-state index contributed by atoms with van der Waals surface area (Å²) in [6.07, 6.45) is 7.47. The zero-order chi connectivity index (χ0) is 11.3. The van der Waals surface area contributed by atoms with E-state index in [9.17, 15) is 0 Å². The molecule has 0 spiro atoms. The highest BCUT2D eigenvalue weighted by molar-refractivity contribution is 5.13. The molecule has 1 aromatic rings.